The largest absolute Gasteiger partial charge is 0.399 e. The number of nitrogen functional groups attached to an aromatic ring is 1. The molecular formula is C14H14N6. The van der Waals surface area contributed by atoms with Gasteiger partial charge in [-0.25, -0.2) is 9.97 Å². The number of hydrogen-bond acceptors (Lipinski definition) is 6. The van der Waals surface area contributed by atoms with Gasteiger partial charge < -0.3 is 11.1 Å². The van der Waals surface area contributed by atoms with Gasteiger partial charge in [0.1, 0.15) is 12.1 Å². The molecule has 20 heavy (non-hydrogen) atoms. The number of rotatable bonds is 3. The molecule has 2 aromatic heterocycles. The lowest BCUT2D eigenvalue weighted by Gasteiger charge is -2.08. The molecule has 2 heterocycles. The normalized spacial score (nSPS) is 10.7. The second-order valence-corrected chi connectivity index (χ2v) is 4.50. The van der Waals surface area contributed by atoms with Crippen LogP contribution in [0.1, 0.15) is 11.4 Å². The zero-order valence-corrected chi connectivity index (χ0v) is 11.0. The summed E-state index contributed by atoms with van der Waals surface area (Å²) in [6.07, 6.45) is 5.02. The molecule has 0 atom stereocenters. The van der Waals surface area contributed by atoms with E-state index in [9.17, 15) is 0 Å². The molecule has 0 amide bonds. The number of aryl methyl sites for hydroxylation is 1. The summed E-state index contributed by atoms with van der Waals surface area (Å²) in [5.74, 6) is 0.740. The van der Waals surface area contributed by atoms with Crippen LogP contribution >= 0.6 is 0 Å². The third-order valence-corrected chi connectivity index (χ3v) is 2.93. The second-order valence-electron chi connectivity index (χ2n) is 4.50. The summed E-state index contributed by atoms with van der Waals surface area (Å²) in [7, 11) is 0. The van der Waals surface area contributed by atoms with Crippen LogP contribution in [0.4, 0.5) is 11.5 Å². The van der Waals surface area contributed by atoms with Crippen LogP contribution in [-0.2, 0) is 6.54 Å². The van der Waals surface area contributed by atoms with E-state index in [1.54, 1.807) is 12.4 Å². The zero-order chi connectivity index (χ0) is 13.9. The minimum Gasteiger partial charge on any atom is -0.399 e. The van der Waals surface area contributed by atoms with E-state index in [0.29, 0.717) is 12.2 Å². The van der Waals surface area contributed by atoms with Crippen molar-refractivity contribution in [3.63, 3.8) is 0 Å². The Morgan fingerprint density at radius 1 is 1.10 bits per heavy atom. The fourth-order valence-electron chi connectivity index (χ4n) is 1.90. The fraction of sp³-hybridized carbons (Fsp3) is 0.143. The van der Waals surface area contributed by atoms with E-state index in [0.717, 1.165) is 28.1 Å². The molecule has 0 fully saturated rings. The van der Waals surface area contributed by atoms with Gasteiger partial charge in [-0.3, -0.25) is 9.97 Å². The standard InChI is InChI=1S/C14H14N6/c1-9-5-17-11(6-16-9)7-18-14-12-4-10(15)2-3-13(12)19-8-20-14/h2-6,8H,7,15H2,1H3,(H,18,19,20). The van der Waals surface area contributed by atoms with Gasteiger partial charge in [0.2, 0.25) is 0 Å². The van der Waals surface area contributed by atoms with Crippen LogP contribution in [0.3, 0.4) is 0 Å². The van der Waals surface area contributed by atoms with Crippen LogP contribution in [-0.4, -0.2) is 19.9 Å². The SMILES string of the molecule is Cc1cnc(CNc2ncnc3ccc(N)cc23)cn1. The van der Waals surface area contributed by atoms with Crippen molar-refractivity contribution >= 4 is 22.4 Å². The maximum absolute atomic E-state index is 5.81. The quantitative estimate of drug-likeness (QED) is 0.704. The van der Waals surface area contributed by atoms with Gasteiger partial charge >= 0.3 is 0 Å². The van der Waals surface area contributed by atoms with Gasteiger partial charge in [-0.15, -0.1) is 0 Å². The fourth-order valence-corrected chi connectivity index (χ4v) is 1.90. The van der Waals surface area contributed by atoms with Crippen molar-refractivity contribution in [2.24, 2.45) is 0 Å². The van der Waals surface area contributed by atoms with E-state index in [1.165, 1.54) is 6.33 Å². The van der Waals surface area contributed by atoms with Crippen molar-refractivity contribution in [3.05, 3.63) is 48.3 Å². The average molecular weight is 266 g/mol. The molecule has 0 radical (unpaired) electrons. The molecule has 1 aromatic carbocycles. The van der Waals surface area contributed by atoms with Gasteiger partial charge in [-0.1, -0.05) is 0 Å². The first-order chi connectivity index (χ1) is 9.72. The number of nitrogens with two attached hydrogens (primary N) is 1. The summed E-state index contributed by atoms with van der Waals surface area (Å²) in [6.45, 7) is 2.46. The Balaban J connectivity index is 1.87. The van der Waals surface area contributed by atoms with Crippen LogP contribution in [0.2, 0.25) is 0 Å². The van der Waals surface area contributed by atoms with Crippen LogP contribution in [0, 0.1) is 6.92 Å². The minimum absolute atomic E-state index is 0.550. The molecule has 0 bridgehead atoms. The predicted molar refractivity (Wildman–Crippen MR) is 78.0 cm³/mol. The molecule has 0 aliphatic carbocycles. The molecule has 100 valence electrons. The lowest BCUT2D eigenvalue weighted by Crippen LogP contribution is -2.05. The summed E-state index contributed by atoms with van der Waals surface area (Å²) in [5.41, 5.74) is 9.10. The maximum Gasteiger partial charge on any atom is 0.137 e. The van der Waals surface area contributed by atoms with Gasteiger partial charge in [-0.2, -0.15) is 0 Å². The molecule has 0 unspecified atom stereocenters. The molecule has 3 N–H and O–H groups in total. The molecule has 0 spiro atoms. The average Bonchev–Trinajstić information content (AvgIpc) is 2.47. The number of nitrogens with zero attached hydrogens (tertiary/aromatic N) is 4. The number of anilines is 2. The zero-order valence-electron chi connectivity index (χ0n) is 11.0. The van der Waals surface area contributed by atoms with Crippen molar-refractivity contribution in [2.45, 2.75) is 13.5 Å². The van der Waals surface area contributed by atoms with E-state index < -0.39 is 0 Å². The second kappa shape index (κ2) is 5.08. The maximum atomic E-state index is 5.81. The Bertz CT molecular complexity index is 738. The van der Waals surface area contributed by atoms with Crippen molar-refractivity contribution < 1.29 is 0 Å². The summed E-state index contributed by atoms with van der Waals surface area (Å²) in [5, 5.41) is 4.14. The van der Waals surface area contributed by atoms with Crippen molar-refractivity contribution in [3.8, 4) is 0 Å². The van der Waals surface area contributed by atoms with Gasteiger partial charge in [0.15, 0.2) is 0 Å². The van der Waals surface area contributed by atoms with Gasteiger partial charge in [0, 0.05) is 17.3 Å². The highest BCUT2D eigenvalue weighted by molar-refractivity contribution is 5.91. The number of nitrogens with one attached hydrogen (secondary N) is 1. The van der Waals surface area contributed by atoms with Gasteiger partial charge in [-0.05, 0) is 25.1 Å². The molecule has 0 saturated carbocycles. The predicted octanol–water partition coefficient (Wildman–Crippen LogP) is 1.92. The molecule has 0 saturated heterocycles. The molecule has 6 heteroatoms. The highest BCUT2D eigenvalue weighted by Crippen LogP contribution is 2.21. The van der Waals surface area contributed by atoms with Crippen LogP contribution in [0.25, 0.3) is 10.9 Å². The molecular weight excluding hydrogens is 252 g/mol. The molecule has 0 aliphatic rings. The Hall–Kier alpha value is -2.76. The number of aromatic nitrogens is 4. The van der Waals surface area contributed by atoms with E-state index in [2.05, 4.69) is 25.3 Å². The Morgan fingerprint density at radius 2 is 2.00 bits per heavy atom. The summed E-state index contributed by atoms with van der Waals surface area (Å²) in [6, 6.07) is 5.56. The van der Waals surface area contributed by atoms with E-state index in [1.807, 2.05) is 25.1 Å². The molecule has 6 nitrogen and oxygen atoms in total. The number of hydrogen-bond donors (Lipinski definition) is 2. The van der Waals surface area contributed by atoms with Crippen molar-refractivity contribution in [2.75, 3.05) is 11.1 Å². The molecule has 3 aromatic rings. The minimum atomic E-state index is 0.550. The first-order valence-corrected chi connectivity index (χ1v) is 6.24. The van der Waals surface area contributed by atoms with Crippen molar-refractivity contribution in [1.82, 2.24) is 19.9 Å². The van der Waals surface area contributed by atoms with Crippen LogP contribution < -0.4 is 11.1 Å². The van der Waals surface area contributed by atoms with Gasteiger partial charge in [0.25, 0.3) is 0 Å². The Morgan fingerprint density at radius 3 is 2.80 bits per heavy atom. The first-order valence-electron chi connectivity index (χ1n) is 6.24. The molecule has 3 rings (SSSR count). The monoisotopic (exact) mass is 266 g/mol. The first kappa shape index (κ1) is 12.3. The number of fused-ring (bicyclic) bond motifs is 1. The van der Waals surface area contributed by atoms with E-state index in [4.69, 9.17) is 5.73 Å². The third kappa shape index (κ3) is 2.49. The third-order valence-electron chi connectivity index (χ3n) is 2.93. The summed E-state index contributed by atoms with van der Waals surface area (Å²) < 4.78 is 0. The lowest BCUT2D eigenvalue weighted by atomic mass is 10.2. The summed E-state index contributed by atoms with van der Waals surface area (Å²) in [4.78, 5) is 17.0. The van der Waals surface area contributed by atoms with Crippen molar-refractivity contribution in [1.29, 1.82) is 0 Å². The highest BCUT2D eigenvalue weighted by atomic mass is 15.0. The highest BCUT2D eigenvalue weighted by Gasteiger charge is 2.04. The lowest BCUT2D eigenvalue weighted by molar-refractivity contribution is 0.977. The smallest absolute Gasteiger partial charge is 0.137 e. The van der Waals surface area contributed by atoms with E-state index in [-0.39, 0.29) is 0 Å². The van der Waals surface area contributed by atoms with E-state index >= 15 is 0 Å². The van der Waals surface area contributed by atoms with Gasteiger partial charge in [0.05, 0.1) is 29.6 Å². The van der Waals surface area contributed by atoms with Crippen LogP contribution in [0.15, 0.2) is 36.9 Å². The number of benzene rings is 1. The Labute approximate surface area is 116 Å². The topological polar surface area (TPSA) is 89.6 Å². The summed E-state index contributed by atoms with van der Waals surface area (Å²) >= 11 is 0. The molecule has 0 aliphatic heterocycles. The van der Waals surface area contributed by atoms with Crippen LogP contribution in [0.5, 0.6) is 0 Å². The Kier molecular flexibility index (Phi) is 3.12.